The number of benzene rings is 7. The van der Waals surface area contributed by atoms with Crippen molar-refractivity contribution in [3.8, 4) is 16.8 Å². The minimum absolute atomic E-state index is 0.283. The third-order valence-corrected chi connectivity index (χ3v) is 11.2. The standard InChI is InChI=1S/C43H26N2OS/c1-2-11-25(12-3-1)28-14-4-5-17-33(28)43-44-39-34-18-10-13-26-23-27(24-35(38(26)34)41(39)46-43)45-36-19-8-6-15-29(36)31-21-22-32-30-16-7-9-20-37(30)47-42(32)40(31)45/h1-24,43-44H. The Bertz CT molecular complexity index is 2800. The number of thiophene rings is 1. The predicted octanol–water partition coefficient (Wildman–Crippen LogP) is 11.4. The summed E-state index contributed by atoms with van der Waals surface area (Å²) in [6, 6.07) is 52.6. The van der Waals surface area contributed by atoms with E-state index >= 15 is 0 Å². The van der Waals surface area contributed by atoms with Gasteiger partial charge in [0.15, 0.2) is 12.0 Å². The topological polar surface area (TPSA) is 26.2 Å². The van der Waals surface area contributed by atoms with Gasteiger partial charge < -0.3 is 14.6 Å². The fourth-order valence-corrected chi connectivity index (χ4v) is 9.22. The van der Waals surface area contributed by atoms with Crippen molar-refractivity contribution in [3.63, 3.8) is 0 Å². The molecule has 2 aromatic heterocycles. The molecule has 1 aliphatic heterocycles. The number of nitrogens with one attached hydrogen (secondary N) is 1. The molecule has 47 heavy (non-hydrogen) atoms. The van der Waals surface area contributed by atoms with Crippen LogP contribution in [0.4, 0.5) is 0 Å². The number of nitrogens with zero attached hydrogens (tertiary/aromatic N) is 1. The smallest absolute Gasteiger partial charge is 0.197 e. The number of hydrogen-bond acceptors (Lipinski definition) is 3. The molecule has 220 valence electrons. The van der Waals surface area contributed by atoms with Crippen LogP contribution in [0, 0.1) is 0 Å². The average Bonchev–Trinajstić information content (AvgIpc) is 3.89. The van der Waals surface area contributed by atoms with Crippen molar-refractivity contribution in [2.45, 2.75) is 6.23 Å². The zero-order valence-corrected chi connectivity index (χ0v) is 26.0. The van der Waals surface area contributed by atoms with E-state index in [0.29, 0.717) is 0 Å². The molecular formula is C43H26N2OS. The van der Waals surface area contributed by atoms with E-state index in [4.69, 9.17) is 4.74 Å². The summed E-state index contributed by atoms with van der Waals surface area (Å²) >= 11 is 1.89. The van der Waals surface area contributed by atoms with Gasteiger partial charge >= 0.3 is 0 Å². The van der Waals surface area contributed by atoms with Crippen molar-refractivity contribution < 1.29 is 4.74 Å². The van der Waals surface area contributed by atoms with Gasteiger partial charge in [-0.25, -0.2) is 0 Å². The predicted molar refractivity (Wildman–Crippen MR) is 197 cm³/mol. The molecule has 0 saturated heterocycles. The molecule has 11 rings (SSSR count). The van der Waals surface area contributed by atoms with E-state index in [1.165, 1.54) is 69.4 Å². The number of rotatable bonds is 3. The van der Waals surface area contributed by atoms with Gasteiger partial charge in [-0.05, 0) is 40.8 Å². The fraction of sp³-hybridized carbons (Fsp3) is 0.0233. The lowest BCUT2D eigenvalue weighted by atomic mass is 9.98. The molecule has 3 heterocycles. The Kier molecular flexibility index (Phi) is 5.05. The average molecular weight is 619 g/mol. The third kappa shape index (κ3) is 3.45. The lowest BCUT2D eigenvalue weighted by Crippen LogP contribution is -2.16. The van der Waals surface area contributed by atoms with Crippen LogP contribution in [0.5, 0.6) is 0 Å². The lowest BCUT2D eigenvalue weighted by molar-refractivity contribution is 0.175. The largest absolute Gasteiger partial charge is 0.464 e. The maximum atomic E-state index is 6.93. The monoisotopic (exact) mass is 618 g/mol. The van der Waals surface area contributed by atoms with Crippen LogP contribution in [-0.4, -0.2) is 4.57 Å². The molecule has 0 saturated carbocycles. The first-order valence-electron chi connectivity index (χ1n) is 16.0. The summed E-state index contributed by atoms with van der Waals surface area (Å²) in [4.78, 5) is 0. The molecule has 9 aromatic rings. The van der Waals surface area contributed by atoms with Gasteiger partial charge in [-0.2, -0.15) is 0 Å². The highest BCUT2D eigenvalue weighted by Gasteiger charge is 2.36. The maximum Gasteiger partial charge on any atom is 0.197 e. The molecule has 1 unspecified atom stereocenters. The van der Waals surface area contributed by atoms with E-state index in [2.05, 4.69) is 155 Å². The van der Waals surface area contributed by atoms with Crippen molar-refractivity contribution in [1.29, 1.82) is 0 Å². The number of aromatic nitrogens is 1. The first-order valence-corrected chi connectivity index (χ1v) is 16.9. The Labute approximate surface area is 274 Å². The first-order chi connectivity index (χ1) is 23.3. The van der Waals surface area contributed by atoms with Crippen molar-refractivity contribution in [1.82, 2.24) is 9.88 Å². The maximum absolute atomic E-state index is 6.93. The molecule has 1 aliphatic carbocycles. The van der Waals surface area contributed by atoms with Crippen LogP contribution in [0.25, 0.3) is 81.0 Å². The van der Waals surface area contributed by atoms with E-state index in [-0.39, 0.29) is 6.23 Å². The van der Waals surface area contributed by atoms with Gasteiger partial charge in [0.05, 0.1) is 21.4 Å². The Morgan fingerprint density at radius 3 is 2.30 bits per heavy atom. The Balaban J connectivity index is 1.13. The number of hydrogen-bond donors (Lipinski definition) is 1. The van der Waals surface area contributed by atoms with Crippen LogP contribution < -0.4 is 5.32 Å². The molecular weight excluding hydrogens is 593 g/mol. The Hall–Kier alpha value is -5.84. The van der Waals surface area contributed by atoms with E-state index < -0.39 is 0 Å². The van der Waals surface area contributed by atoms with Crippen molar-refractivity contribution in [3.05, 3.63) is 162 Å². The molecule has 0 amide bonds. The Morgan fingerprint density at radius 1 is 0.596 bits per heavy atom. The van der Waals surface area contributed by atoms with Gasteiger partial charge in [0.1, 0.15) is 0 Å². The second-order valence-corrected chi connectivity index (χ2v) is 13.5. The zero-order valence-electron chi connectivity index (χ0n) is 25.2. The summed E-state index contributed by atoms with van der Waals surface area (Å²) in [6.45, 7) is 0. The molecule has 1 atom stereocenters. The van der Waals surface area contributed by atoms with Gasteiger partial charge in [0.2, 0.25) is 0 Å². The van der Waals surface area contributed by atoms with Crippen molar-refractivity contribution >= 4 is 75.5 Å². The second-order valence-electron chi connectivity index (χ2n) is 12.5. The minimum atomic E-state index is -0.283. The summed E-state index contributed by atoms with van der Waals surface area (Å²) in [5, 5.41) is 11.4. The quantitative estimate of drug-likeness (QED) is 0.213. The van der Waals surface area contributed by atoms with Crippen LogP contribution in [0.3, 0.4) is 0 Å². The summed E-state index contributed by atoms with van der Waals surface area (Å²) in [6.07, 6.45) is -0.283. The van der Waals surface area contributed by atoms with Gasteiger partial charge in [-0.1, -0.05) is 121 Å². The third-order valence-electron chi connectivity index (χ3n) is 9.98. The molecule has 1 N–H and O–H groups in total. The van der Waals surface area contributed by atoms with E-state index in [0.717, 1.165) is 28.3 Å². The fourth-order valence-electron chi connectivity index (χ4n) is 7.98. The molecule has 3 nitrogen and oxygen atoms in total. The zero-order chi connectivity index (χ0) is 30.6. The number of ether oxygens (including phenoxy) is 1. The molecule has 4 heteroatoms. The molecule has 0 fully saturated rings. The van der Waals surface area contributed by atoms with Gasteiger partial charge in [-0.3, -0.25) is 0 Å². The van der Waals surface area contributed by atoms with Crippen LogP contribution in [0.1, 0.15) is 22.9 Å². The summed E-state index contributed by atoms with van der Waals surface area (Å²) in [7, 11) is 0. The van der Waals surface area contributed by atoms with E-state index in [1.54, 1.807) is 0 Å². The summed E-state index contributed by atoms with van der Waals surface area (Å²) < 4.78 is 12.0. The van der Waals surface area contributed by atoms with Crippen molar-refractivity contribution in [2.24, 2.45) is 0 Å². The van der Waals surface area contributed by atoms with Gasteiger partial charge in [-0.15, -0.1) is 11.3 Å². The van der Waals surface area contributed by atoms with Gasteiger partial charge in [0, 0.05) is 54.0 Å². The molecule has 0 spiro atoms. The van der Waals surface area contributed by atoms with E-state index in [1.807, 2.05) is 11.3 Å². The molecule has 7 aromatic carbocycles. The number of para-hydroxylation sites is 1. The summed E-state index contributed by atoms with van der Waals surface area (Å²) in [5.74, 6) is 0.929. The van der Waals surface area contributed by atoms with Crippen LogP contribution in [0.2, 0.25) is 0 Å². The van der Waals surface area contributed by atoms with Crippen molar-refractivity contribution in [2.75, 3.05) is 0 Å². The minimum Gasteiger partial charge on any atom is -0.464 e. The summed E-state index contributed by atoms with van der Waals surface area (Å²) in [5.41, 5.74) is 10.5. The number of fused-ring (bicyclic) bond motifs is 9. The normalized spacial score (nSPS) is 15.3. The first kappa shape index (κ1) is 25.4. The molecule has 0 radical (unpaired) electrons. The lowest BCUT2D eigenvalue weighted by Gasteiger charge is -2.20. The highest BCUT2D eigenvalue weighted by Crippen LogP contribution is 2.50. The SMILES string of the molecule is c1ccc(-c2ccccc2C2NC3=C(O2)c2cc(-n4c5ccccc5c5ccc6c7ccccc7sc6c54)cc4cccc3c24)cc1. The second kappa shape index (κ2) is 9.35. The van der Waals surface area contributed by atoms with Crippen LogP contribution in [-0.2, 0) is 4.74 Å². The van der Waals surface area contributed by atoms with Gasteiger partial charge in [0.25, 0.3) is 0 Å². The molecule has 0 bridgehead atoms. The van der Waals surface area contributed by atoms with Crippen LogP contribution in [0.15, 0.2) is 146 Å². The molecule has 2 aliphatic rings. The Morgan fingerprint density at radius 2 is 1.36 bits per heavy atom. The highest BCUT2D eigenvalue weighted by molar-refractivity contribution is 7.26. The highest BCUT2D eigenvalue weighted by atomic mass is 32.1. The van der Waals surface area contributed by atoms with Crippen LogP contribution >= 0.6 is 11.3 Å². The van der Waals surface area contributed by atoms with E-state index in [9.17, 15) is 0 Å².